The number of benzene rings is 1. The molecule has 150 valence electrons. The van der Waals surface area contributed by atoms with Crippen molar-refractivity contribution in [3.05, 3.63) is 24.3 Å². The van der Waals surface area contributed by atoms with E-state index >= 15 is 0 Å². The molecule has 1 aromatic rings. The van der Waals surface area contributed by atoms with Gasteiger partial charge in [-0.3, -0.25) is 4.79 Å². The Bertz CT molecular complexity index is 619. The summed E-state index contributed by atoms with van der Waals surface area (Å²) >= 11 is 0. The van der Waals surface area contributed by atoms with Gasteiger partial charge in [0, 0.05) is 0 Å². The van der Waals surface area contributed by atoms with Gasteiger partial charge >= 0.3 is 16.2 Å². The Labute approximate surface area is 150 Å². The number of hydrogen-bond donors (Lipinski definition) is 0. The Morgan fingerprint density at radius 2 is 1.58 bits per heavy atom. The number of rotatable bonds is 7. The molecule has 0 radical (unpaired) electrons. The Morgan fingerprint density at radius 1 is 1.00 bits per heavy atom. The number of carbonyl (C=O) groups excluding carboxylic acids is 1. The zero-order valence-corrected chi connectivity index (χ0v) is 15.6. The summed E-state index contributed by atoms with van der Waals surface area (Å²) in [5.41, 5.74) is 0. The Kier molecular flexibility index (Phi) is 5.67. The third kappa shape index (κ3) is 6.14. The molecule has 0 aliphatic heterocycles. The van der Waals surface area contributed by atoms with Gasteiger partial charge in [-0.1, -0.05) is 52.0 Å². The van der Waals surface area contributed by atoms with Crippen LogP contribution in [0, 0.1) is 11.8 Å². The normalized spacial score (nSPS) is 23.8. The number of hydrogen-bond acceptors (Lipinski definition) is 2. The average molecular weight is 400 g/mol. The molecule has 1 saturated carbocycles. The molecule has 0 N–H and O–H groups in total. The molecular weight excluding hydrogens is 375 g/mol. The minimum atomic E-state index is -9.70. The number of ether oxygens (including phenoxy) is 1. The molecule has 1 aromatic carbocycles. The van der Waals surface area contributed by atoms with E-state index in [-0.39, 0.29) is 23.8 Å². The van der Waals surface area contributed by atoms with Gasteiger partial charge in [-0.05, 0) is 55.9 Å². The van der Waals surface area contributed by atoms with Crippen LogP contribution in [-0.2, 0) is 4.79 Å². The lowest BCUT2D eigenvalue weighted by molar-refractivity contribution is -0.140. The molecule has 0 spiro atoms. The van der Waals surface area contributed by atoms with Crippen LogP contribution in [0.5, 0.6) is 5.75 Å². The molecule has 0 amide bonds. The summed E-state index contributed by atoms with van der Waals surface area (Å²) in [5.74, 6) is -0.321. The Morgan fingerprint density at radius 3 is 2.08 bits per heavy atom. The third-order valence-corrected chi connectivity index (χ3v) is 6.05. The van der Waals surface area contributed by atoms with Crippen LogP contribution in [0.4, 0.5) is 19.4 Å². The topological polar surface area (TPSA) is 26.3 Å². The van der Waals surface area contributed by atoms with Crippen molar-refractivity contribution in [2.24, 2.45) is 11.8 Å². The molecule has 0 atom stereocenters. The fraction of sp³-hybridized carbons (Fsp3) is 0.611. The van der Waals surface area contributed by atoms with Gasteiger partial charge in [0.15, 0.2) is 0 Å². The predicted molar refractivity (Wildman–Crippen MR) is 93.1 cm³/mol. The summed E-state index contributed by atoms with van der Waals surface area (Å²) in [7, 11) is -9.70. The smallest absolute Gasteiger partial charge is 0.314 e. The summed E-state index contributed by atoms with van der Waals surface area (Å²) in [5, 5.41) is 0. The van der Waals surface area contributed by atoms with E-state index in [9.17, 15) is 24.2 Å². The van der Waals surface area contributed by atoms with Crippen molar-refractivity contribution in [3.8, 4) is 5.75 Å². The third-order valence-electron chi connectivity index (χ3n) is 4.88. The Balaban J connectivity index is 1.87. The molecule has 26 heavy (non-hydrogen) atoms. The van der Waals surface area contributed by atoms with Gasteiger partial charge < -0.3 is 4.74 Å². The van der Waals surface area contributed by atoms with Crippen LogP contribution >= 0.6 is 10.2 Å². The molecule has 1 fully saturated rings. The number of carbonyl (C=O) groups is 1. The molecule has 2 nitrogen and oxygen atoms in total. The minimum absolute atomic E-state index is 0.148. The van der Waals surface area contributed by atoms with Gasteiger partial charge in [0.25, 0.3) is 0 Å². The van der Waals surface area contributed by atoms with Crippen molar-refractivity contribution in [1.29, 1.82) is 0 Å². The van der Waals surface area contributed by atoms with Crippen LogP contribution < -0.4 is 4.74 Å². The monoisotopic (exact) mass is 400 g/mol. The zero-order chi connectivity index (χ0) is 19.5. The second-order valence-corrected chi connectivity index (χ2v) is 9.48. The SMILES string of the molecule is CCCCCC1CCC(C(=O)Oc2ccc(S(F)(F)(F)(F)F)cc2)CC1. The lowest BCUT2D eigenvalue weighted by Crippen LogP contribution is -2.25. The predicted octanol–water partition coefficient (Wildman–Crippen LogP) is 7.64. The maximum absolute atomic E-state index is 12.7. The van der Waals surface area contributed by atoms with Crippen molar-refractivity contribution in [3.63, 3.8) is 0 Å². The van der Waals surface area contributed by atoms with Gasteiger partial charge in [-0.2, -0.15) is 0 Å². The van der Waals surface area contributed by atoms with Gasteiger partial charge in [-0.25, -0.2) is 0 Å². The number of unbranched alkanes of at least 4 members (excludes halogenated alkanes) is 2. The molecule has 1 aliphatic rings. The van der Waals surface area contributed by atoms with Gasteiger partial charge in [0.05, 0.1) is 5.92 Å². The van der Waals surface area contributed by atoms with Crippen molar-refractivity contribution in [2.45, 2.75) is 63.2 Å². The van der Waals surface area contributed by atoms with Crippen molar-refractivity contribution < 1.29 is 29.0 Å². The minimum Gasteiger partial charge on any atom is -0.426 e. The lowest BCUT2D eigenvalue weighted by atomic mass is 9.80. The maximum Gasteiger partial charge on any atom is 0.314 e. The van der Waals surface area contributed by atoms with E-state index in [1.165, 1.54) is 19.3 Å². The summed E-state index contributed by atoms with van der Waals surface area (Å²) in [6.07, 6.45) is 7.98. The molecule has 0 saturated heterocycles. The largest absolute Gasteiger partial charge is 0.426 e. The highest BCUT2D eigenvalue weighted by Crippen LogP contribution is 3.02. The van der Waals surface area contributed by atoms with E-state index < -0.39 is 21.1 Å². The summed E-state index contributed by atoms with van der Waals surface area (Å²) < 4.78 is 68.4. The molecule has 0 aromatic heterocycles. The summed E-state index contributed by atoms with van der Waals surface area (Å²) in [6.45, 7) is 2.15. The first kappa shape index (κ1) is 21.0. The van der Waals surface area contributed by atoms with Crippen LogP contribution in [0.2, 0.25) is 0 Å². The molecule has 0 bridgehead atoms. The zero-order valence-electron chi connectivity index (χ0n) is 14.7. The highest BCUT2D eigenvalue weighted by Gasteiger charge is 2.65. The first-order valence-electron chi connectivity index (χ1n) is 8.95. The average Bonchev–Trinajstić information content (AvgIpc) is 2.54. The number of halogens is 5. The van der Waals surface area contributed by atoms with Crippen LogP contribution in [0.1, 0.15) is 58.3 Å². The quantitative estimate of drug-likeness (QED) is 0.203. The lowest BCUT2D eigenvalue weighted by Gasteiger charge is -2.40. The molecular formula is C18H25F5O2S. The van der Waals surface area contributed by atoms with E-state index in [1.807, 2.05) is 0 Å². The van der Waals surface area contributed by atoms with Gasteiger partial charge in [0.1, 0.15) is 10.6 Å². The maximum atomic E-state index is 12.7. The molecule has 0 heterocycles. The van der Waals surface area contributed by atoms with Gasteiger partial charge in [0.2, 0.25) is 0 Å². The van der Waals surface area contributed by atoms with Crippen LogP contribution in [-0.4, -0.2) is 5.97 Å². The van der Waals surface area contributed by atoms with Crippen LogP contribution in [0.25, 0.3) is 0 Å². The van der Waals surface area contributed by atoms with E-state index in [4.69, 9.17) is 4.74 Å². The highest BCUT2D eigenvalue weighted by atomic mass is 32.5. The molecule has 0 unspecified atom stereocenters. The first-order valence-corrected chi connectivity index (χ1v) is 10.9. The van der Waals surface area contributed by atoms with E-state index in [2.05, 4.69) is 6.92 Å². The van der Waals surface area contributed by atoms with Crippen LogP contribution in [0.15, 0.2) is 29.2 Å². The van der Waals surface area contributed by atoms with Gasteiger partial charge in [-0.15, -0.1) is 0 Å². The summed E-state index contributed by atoms with van der Waals surface area (Å²) in [4.78, 5) is 10.2. The fourth-order valence-corrected chi connectivity index (χ4v) is 3.98. The fourth-order valence-electron chi connectivity index (χ4n) is 3.33. The highest BCUT2D eigenvalue weighted by molar-refractivity contribution is 8.45. The molecule has 1 aliphatic carbocycles. The van der Waals surface area contributed by atoms with E-state index in [0.717, 1.165) is 31.4 Å². The van der Waals surface area contributed by atoms with Crippen molar-refractivity contribution >= 4 is 16.2 Å². The van der Waals surface area contributed by atoms with Crippen molar-refractivity contribution in [1.82, 2.24) is 0 Å². The summed E-state index contributed by atoms with van der Waals surface area (Å²) in [6, 6.07) is 2.05. The van der Waals surface area contributed by atoms with E-state index in [0.29, 0.717) is 18.8 Å². The van der Waals surface area contributed by atoms with Crippen molar-refractivity contribution in [2.75, 3.05) is 0 Å². The van der Waals surface area contributed by atoms with E-state index in [1.54, 1.807) is 0 Å². The standard InChI is InChI=1S/C18H25F5O2S/c1-2-3-4-5-14-6-8-15(9-7-14)18(24)25-16-10-12-17(13-11-16)26(19,20,21,22)23/h10-15H,2-9H2,1H3. The second kappa shape index (κ2) is 7.02. The van der Waals surface area contributed by atoms with Crippen LogP contribution in [0.3, 0.4) is 0 Å². The molecule has 8 heteroatoms. The molecule has 2 rings (SSSR count). The first-order chi connectivity index (χ1) is 11.9. The number of esters is 1. The second-order valence-electron chi connectivity index (χ2n) is 7.07. The Hall–Kier alpha value is -1.31.